The van der Waals surface area contributed by atoms with Crippen LogP contribution in [0.1, 0.15) is 11.1 Å². The fourth-order valence-electron chi connectivity index (χ4n) is 1.54. The smallest absolute Gasteiger partial charge is 0.744 e. The molecule has 0 N–H and O–H groups in total. The van der Waals surface area contributed by atoms with Crippen molar-refractivity contribution < 1.29 is 63.7 Å². The Morgan fingerprint density at radius 3 is 1.00 bits per heavy atom. The Kier molecular flexibility index (Phi) is 12.1. The van der Waals surface area contributed by atoms with Gasteiger partial charge in [0.05, 0.1) is 9.79 Å². The van der Waals surface area contributed by atoms with Crippen molar-refractivity contribution in [1.29, 1.82) is 0 Å². The van der Waals surface area contributed by atoms with Crippen LogP contribution in [-0.4, -0.2) is 25.9 Å². The van der Waals surface area contributed by atoms with Gasteiger partial charge in [-0.2, -0.15) is 0 Å². The number of rotatable bonds is 4. The van der Waals surface area contributed by atoms with Gasteiger partial charge in [0.1, 0.15) is 20.2 Å². The van der Waals surface area contributed by atoms with Crippen LogP contribution in [0.2, 0.25) is 0 Å². The summed E-state index contributed by atoms with van der Waals surface area (Å²) in [6, 6.07) is 11.2. The number of hydrogen-bond donors (Lipinski definition) is 0. The second-order valence-corrected chi connectivity index (χ2v) is 7.21. The fraction of sp³-hybridized carbons (Fsp3) is 0. The zero-order valence-electron chi connectivity index (χ0n) is 14.5. The van der Waals surface area contributed by atoms with Crippen LogP contribution >= 0.6 is 0 Å². The summed E-state index contributed by atoms with van der Waals surface area (Å²) in [4.78, 5) is -0.429. The van der Waals surface area contributed by atoms with Crippen molar-refractivity contribution in [3.05, 3.63) is 72.8 Å². The number of benzene rings is 2. The Hall–Kier alpha value is -1.07. The molecule has 2 aromatic carbocycles. The van der Waals surface area contributed by atoms with Crippen LogP contribution in [-0.2, 0) is 20.2 Å². The first-order chi connectivity index (χ1) is 11.1. The molecule has 0 aromatic heterocycles. The minimum Gasteiger partial charge on any atom is -0.744 e. The standard InChI is InChI=1S/2C8H8O3S.2Li/c2*1-2-7-3-5-8(6-4-7)12(9,10)11;;/h2*2-6H,1H2,(H,9,10,11);;/q;;2*+1/p-2. The Labute approximate surface area is 177 Å². The van der Waals surface area contributed by atoms with Crippen molar-refractivity contribution in [3.8, 4) is 0 Å². The topological polar surface area (TPSA) is 114 Å². The molecule has 0 radical (unpaired) electrons. The summed E-state index contributed by atoms with van der Waals surface area (Å²) in [5.41, 5.74) is 1.56. The van der Waals surface area contributed by atoms with Crippen molar-refractivity contribution in [2.75, 3.05) is 0 Å². The van der Waals surface area contributed by atoms with Gasteiger partial charge >= 0.3 is 37.7 Å². The molecule has 0 amide bonds. The third-order valence-electron chi connectivity index (χ3n) is 2.81. The van der Waals surface area contributed by atoms with Crippen LogP contribution < -0.4 is 37.7 Å². The van der Waals surface area contributed by atoms with Crippen LogP contribution in [0.15, 0.2) is 71.5 Å². The molecular formula is C16H14Li2O6S2. The average molecular weight is 380 g/mol. The Balaban J connectivity index is 0. The van der Waals surface area contributed by atoms with Crippen molar-refractivity contribution in [3.63, 3.8) is 0 Å². The third-order valence-corrected chi connectivity index (χ3v) is 4.51. The molecule has 0 aliphatic heterocycles. The third kappa shape index (κ3) is 9.04. The molecule has 0 aliphatic rings. The second kappa shape index (κ2) is 11.6. The Bertz CT molecular complexity index is 840. The molecule has 0 atom stereocenters. The zero-order chi connectivity index (χ0) is 18.4. The maximum atomic E-state index is 10.5. The van der Waals surface area contributed by atoms with Crippen LogP contribution in [0.3, 0.4) is 0 Å². The van der Waals surface area contributed by atoms with Gasteiger partial charge in [-0.3, -0.25) is 0 Å². The molecule has 26 heavy (non-hydrogen) atoms. The van der Waals surface area contributed by atoms with Crippen LogP contribution in [0.25, 0.3) is 12.2 Å². The Morgan fingerprint density at radius 2 is 0.846 bits per heavy atom. The van der Waals surface area contributed by atoms with E-state index in [0.717, 1.165) is 11.1 Å². The molecule has 0 saturated carbocycles. The van der Waals surface area contributed by atoms with Gasteiger partial charge in [0, 0.05) is 0 Å². The fourth-order valence-corrected chi connectivity index (χ4v) is 2.48. The van der Waals surface area contributed by atoms with Crippen molar-refractivity contribution in [2.45, 2.75) is 9.79 Å². The van der Waals surface area contributed by atoms with E-state index < -0.39 is 20.2 Å². The SMILES string of the molecule is C=Cc1ccc(S(=O)(=O)[O-])cc1.C=Cc1ccc(S(=O)(=O)[O-])cc1.[Li+].[Li+]. The maximum absolute atomic E-state index is 10.5. The summed E-state index contributed by atoms with van der Waals surface area (Å²) in [6.45, 7) is 6.99. The molecule has 0 spiro atoms. The largest absolute Gasteiger partial charge is 1.00 e. The van der Waals surface area contributed by atoms with Gasteiger partial charge in [-0.25, -0.2) is 16.8 Å². The van der Waals surface area contributed by atoms with Crippen LogP contribution in [0.4, 0.5) is 0 Å². The van der Waals surface area contributed by atoms with E-state index in [1.165, 1.54) is 48.5 Å². The molecule has 0 aliphatic carbocycles. The zero-order valence-corrected chi connectivity index (χ0v) is 16.1. The van der Waals surface area contributed by atoms with Gasteiger partial charge in [-0.05, 0) is 35.4 Å². The van der Waals surface area contributed by atoms with Gasteiger partial charge < -0.3 is 9.11 Å². The Morgan fingerprint density at radius 1 is 0.615 bits per heavy atom. The quantitative estimate of drug-likeness (QED) is 0.401. The van der Waals surface area contributed by atoms with E-state index >= 15 is 0 Å². The van der Waals surface area contributed by atoms with Gasteiger partial charge in [0.25, 0.3) is 0 Å². The molecule has 0 saturated heterocycles. The van der Waals surface area contributed by atoms with E-state index in [4.69, 9.17) is 0 Å². The molecule has 2 rings (SSSR count). The first kappa shape index (κ1) is 27.2. The van der Waals surface area contributed by atoms with Gasteiger partial charge in [-0.1, -0.05) is 49.6 Å². The first-order valence-corrected chi connectivity index (χ1v) is 9.26. The molecule has 0 unspecified atom stereocenters. The van der Waals surface area contributed by atoms with E-state index in [-0.39, 0.29) is 47.5 Å². The molecule has 2 aromatic rings. The normalized spacial score (nSPS) is 10.2. The molecule has 6 nitrogen and oxygen atoms in total. The monoisotopic (exact) mass is 380 g/mol. The van der Waals surface area contributed by atoms with Crippen molar-refractivity contribution in [1.82, 2.24) is 0 Å². The van der Waals surface area contributed by atoms with E-state index in [1.807, 2.05) is 0 Å². The minimum absolute atomic E-state index is 0. The minimum atomic E-state index is -4.31. The van der Waals surface area contributed by atoms with Gasteiger partial charge in [-0.15, -0.1) is 0 Å². The van der Waals surface area contributed by atoms with Gasteiger partial charge in [0.15, 0.2) is 0 Å². The van der Waals surface area contributed by atoms with Crippen LogP contribution in [0, 0.1) is 0 Å². The second-order valence-electron chi connectivity index (χ2n) is 4.45. The van der Waals surface area contributed by atoms with Crippen molar-refractivity contribution >= 4 is 32.4 Å². The predicted molar refractivity (Wildman–Crippen MR) is 89.0 cm³/mol. The summed E-state index contributed by atoms with van der Waals surface area (Å²) < 4.78 is 62.7. The summed E-state index contributed by atoms with van der Waals surface area (Å²) in [5, 5.41) is 0. The van der Waals surface area contributed by atoms with E-state index in [0.29, 0.717) is 0 Å². The van der Waals surface area contributed by atoms with Crippen LogP contribution in [0.5, 0.6) is 0 Å². The summed E-state index contributed by atoms with van der Waals surface area (Å²) >= 11 is 0. The van der Waals surface area contributed by atoms with Crippen molar-refractivity contribution in [2.24, 2.45) is 0 Å². The molecule has 128 valence electrons. The van der Waals surface area contributed by atoms with E-state index in [1.54, 1.807) is 12.2 Å². The maximum Gasteiger partial charge on any atom is 1.00 e. The average Bonchev–Trinajstić information content (AvgIpc) is 2.54. The molecule has 0 fully saturated rings. The molecule has 0 heterocycles. The molecule has 10 heteroatoms. The van der Waals surface area contributed by atoms with Gasteiger partial charge in [0.2, 0.25) is 0 Å². The molecule has 0 bridgehead atoms. The predicted octanol–water partition coefficient (Wildman–Crippen LogP) is -3.52. The van der Waals surface area contributed by atoms with E-state index in [9.17, 15) is 25.9 Å². The summed E-state index contributed by atoms with van der Waals surface area (Å²) in [7, 11) is -8.62. The molecular weight excluding hydrogens is 366 g/mol. The number of hydrogen-bond acceptors (Lipinski definition) is 6. The van der Waals surface area contributed by atoms with E-state index in [2.05, 4.69) is 13.2 Å². The summed E-state index contributed by atoms with van der Waals surface area (Å²) in [5.74, 6) is 0. The first-order valence-electron chi connectivity index (χ1n) is 6.44. The summed E-state index contributed by atoms with van der Waals surface area (Å²) in [6.07, 6.45) is 3.14.